The molecule has 2 heterocycles. The lowest BCUT2D eigenvalue weighted by Gasteiger charge is -2.25. The van der Waals surface area contributed by atoms with E-state index < -0.39 is 11.9 Å². The zero-order valence-electron chi connectivity index (χ0n) is 21.6. The van der Waals surface area contributed by atoms with Crippen LogP contribution >= 0.6 is 11.3 Å². The fourth-order valence-corrected chi connectivity index (χ4v) is 5.26. The second-order valence-electron chi connectivity index (χ2n) is 9.55. The molecule has 5 N–H and O–H groups in total. The predicted molar refractivity (Wildman–Crippen MR) is 146 cm³/mol. The number of carbonyl (C=O) groups excluding carboxylic acids is 3. The van der Waals surface area contributed by atoms with Crippen LogP contribution in [0.2, 0.25) is 0 Å². The third-order valence-electron chi connectivity index (χ3n) is 6.42. The van der Waals surface area contributed by atoms with E-state index in [0.29, 0.717) is 35.6 Å². The highest BCUT2D eigenvalue weighted by atomic mass is 32.1. The predicted octanol–water partition coefficient (Wildman–Crippen LogP) is 3.81. The molecular formula is C28H30FN5O4S. The van der Waals surface area contributed by atoms with Crippen LogP contribution in [0.3, 0.4) is 0 Å². The van der Waals surface area contributed by atoms with E-state index in [4.69, 9.17) is 15.9 Å². The van der Waals surface area contributed by atoms with Crippen LogP contribution in [-0.4, -0.2) is 47.6 Å². The van der Waals surface area contributed by atoms with Crippen molar-refractivity contribution in [1.82, 2.24) is 15.5 Å². The van der Waals surface area contributed by atoms with Crippen LogP contribution in [0, 0.1) is 17.1 Å². The summed E-state index contributed by atoms with van der Waals surface area (Å²) in [6.07, 6.45) is 0.525. The van der Waals surface area contributed by atoms with E-state index in [9.17, 15) is 18.8 Å². The molecule has 204 valence electrons. The second kappa shape index (κ2) is 12.1. The van der Waals surface area contributed by atoms with Crippen LogP contribution in [0.15, 0.2) is 60.0 Å². The largest absolute Gasteiger partial charge is 0.457 e. The topological polar surface area (TPSA) is 138 Å². The van der Waals surface area contributed by atoms with Crippen molar-refractivity contribution in [3.05, 3.63) is 81.8 Å². The summed E-state index contributed by atoms with van der Waals surface area (Å²) in [5, 5.41) is 14.9. The first-order valence-electron chi connectivity index (χ1n) is 12.4. The Morgan fingerprint density at radius 1 is 1.13 bits per heavy atom. The number of amidine groups is 1. The van der Waals surface area contributed by atoms with Gasteiger partial charge in [-0.15, -0.1) is 11.3 Å². The Labute approximate surface area is 229 Å². The van der Waals surface area contributed by atoms with Gasteiger partial charge in [-0.25, -0.2) is 4.39 Å². The van der Waals surface area contributed by atoms with Gasteiger partial charge in [0.1, 0.15) is 29.2 Å². The summed E-state index contributed by atoms with van der Waals surface area (Å²) in [5.41, 5.74) is 6.48. The Hall–Kier alpha value is -4.25. The molecule has 0 bridgehead atoms. The maximum absolute atomic E-state index is 13.1. The summed E-state index contributed by atoms with van der Waals surface area (Å²) in [4.78, 5) is 41.1. The normalized spacial score (nSPS) is 17.4. The van der Waals surface area contributed by atoms with E-state index in [-0.39, 0.29) is 42.0 Å². The molecule has 9 nitrogen and oxygen atoms in total. The first kappa shape index (κ1) is 27.8. The molecule has 3 atom stereocenters. The van der Waals surface area contributed by atoms with Crippen molar-refractivity contribution in [1.29, 1.82) is 5.41 Å². The van der Waals surface area contributed by atoms with E-state index in [0.717, 1.165) is 4.88 Å². The number of benzene rings is 2. The Balaban J connectivity index is 1.31. The lowest BCUT2D eigenvalue weighted by molar-refractivity contribution is -0.138. The van der Waals surface area contributed by atoms with Crippen LogP contribution in [0.25, 0.3) is 0 Å². The average Bonchev–Trinajstić information content (AvgIpc) is 3.56. The number of nitrogens with two attached hydrogens (primary N) is 1. The summed E-state index contributed by atoms with van der Waals surface area (Å²) in [7, 11) is 0. The molecule has 0 radical (unpaired) electrons. The molecule has 3 aromatic rings. The molecule has 1 fully saturated rings. The number of likely N-dealkylation sites (tertiary alicyclic amines) is 1. The molecule has 1 aliphatic rings. The molecule has 39 heavy (non-hydrogen) atoms. The number of hydrogen-bond acceptors (Lipinski definition) is 6. The molecule has 1 aliphatic heterocycles. The number of nitrogens with zero attached hydrogens (tertiary/aromatic N) is 1. The Morgan fingerprint density at radius 3 is 2.38 bits per heavy atom. The average molecular weight is 552 g/mol. The maximum atomic E-state index is 13.1. The first-order chi connectivity index (χ1) is 18.6. The van der Waals surface area contributed by atoms with Crippen molar-refractivity contribution in [3.8, 4) is 11.5 Å². The summed E-state index contributed by atoms with van der Waals surface area (Å²) >= 11 is 1.40. The third kappa shape index (κ3) is 6.99. The molecular weight excluding hydrogens is 521 g/mol. The molecule has 0 saturated carbocycles. The van der Waals surface area contributed by atoms with Gasteiger partial charge in [-0.1, -0.05) is 6.92 Å². The van der Waals surface area contributed by atoms with Crippen LogP contribution in [0.4, 0.5) is 4.39 Å². The van der Waals surface area contributed by atoms with E-state index in [1.165, 1.54) is 40.5 Å². The number of halogens is 1. The lowest BCUT2D eigenvalue weighted by Crippen LogP contribution is -2.49. The van der Waals surface area contributed by atoms with E-state index in [2.05, 4.69) is 10.6 Å². The van der Waals surface area contributed by atoms with Crippen molar-refractivity contribution in [3.63, 3.8) is 0 Å². The number of ether oxygens (including phenoxy) is 1. The molecule has 11 heteroatoms. The maximum Gasteiger partial charge on any atom is 0.251 e. The van der Waals surface area contributed by atoms with Gasteiger partial charge in [0.25, 0.3) is 5.91 Å². The number of hydrogen-bond donors (Lipinski definition) is 4. The number of carbonyl (C=O) groups is 3. The lowest BCUT2D eigenvalue weighted by atomic mass is 10.1. The third-order valence-corrected chi connectivity index (χ3v) is 7.53. The summed E-state index contributed by atoms with van der Waals surface area (Å²) < 4.78 is 18.7. The van der Waals surface area contributed by atoms with Gasteiger partial charge < -0.3 is 26.0 Å². The fraction of sp³-hybridized carbons (Fsp3) is 0.286. The number of thiophene rings is 1. The minimum absolute atomic E-state index is 0.0336. The number of amides is 3. The van der Waals surface area contributed by atoms with Crippen molar-refractivity contribution in [2.45, 2.75) is 32.4 Å². The van der Waals surface area contributed by atoms with Gasteiger partial charge in [0.2, 0.25) is 11.8 Å². The van der Waals surface area contributed by atoms with Gasteiger partial charge in [0, 0.05) is 27.9 Å². The van der Waals surface area contributed by atoms with Gasteiger partial charge in [-0.05, 0) is 73.9 Å². The second-order valence-corrected chi connectivity index (χ2v) is 10.5. The SMILES string of the molecule is CC(NC(=O)[C@@H]1C[C@@H](C)CN1C(=O)CNC(=O)c1ccc(Oc2ccc(F)cc2)cc1)c1cc(C(=N)N)cs1. The zero-order chi connectivity index (χ0) is 28.1. The van der Waals surface area contributed by atoms with Gasteiger partial charge in [-0.3, -0.25) is 19.8 Å². The molecule has 3 amide bonds. The Bertz CT molecular complexity index is 1360. The fourth-order valence-electron chi connectivity index (χ4n) is 4.34. The van der Waals surface area contributed by atoms with Crippen LogP contribution in [0.1, 0.15) is 47.1 Å². The Morgan fingerprint density at radius 2 is 1.77 bits per heavy atom. The highest BCUT2D eigenvalue weighted by Gasteiger charge is 2.38. The van der Waals surface area contributed by atoms with Crippen molar-refractivity contribution >= 4 is 34.9 Å². The van der Waals surface area contributed by atoms with Crippen LogP contribution < -0.4 is 21.1 Å². The monoisotopic (exact) mass is 551 g/mol. The molecule has 0 spiro atoms. The van der Waals surface area contributed by atoms with Crippen LogP contribution in [-0.2, 0) is 9.59 Å². The molecule has 0 aliphatic carbocycles. The molecule has 1 saturated heterocycles. The Kier molecular flexibility index (Phi) is 8.60. The first-order valence-corrected chi connectivity index (χ1v) is 13.3. The molecule has 1 aromatic heterocycles. The summed E-state index contributed by atoms with van der Waals surface area (Å²) in [5.74, 6) is -0.363. The van der Waals surface area contributed by atoms with Gasteiger partial charge >= 0.3 is 0 Å². The number of nitrogens with one attached hydrogen (secondary N) is 3. The van der Waals surface area contributed by atoms with E-state index in [1.54, 1.807) is 35.7 Å². The molecule has 1 unspecified atom stereocenters. The van der Waals surface area contributed by atoms with Gasteiger partial charge in [0.05, 0.1) is 12.6 Å². The zero-order valence-corrected chi connectivity index (χ0v) is 22.4. The van der Waals surface area contributed by atoms with Crippen LogP contribution in [0.5, 0.6) is 11.5 Å². The number of nitrogen functional groups attached to an aromatic ring is 1. The minimum atomic E-state index is -0.637. The summed E-state index contributed by atoms with van der Waals surface area (Å²) in [6, 6.07) is 12.8. The van der Waals surface area contributed by atoms with Crippen molar-refractivity contribution in [2.75, 3.05) is 13.1 Å². The highest BCUT2D eigenvalue weighted by molar-refractivity contribution is 7.10. The quantitative estimate of drug-likeness (QED) is 0.237. The van der Waals surface area contributed by atoms with Gasteiger partial charge in [-0.2, -0.15) is 0 Å². The van der Waals surface area contributed by atoms with Gasteiger partial charge in [0.15, 0.2) is 0 Å². The smallest absolute Gasteiger partial charge is 0.251 e. The van der Waals surface area contributed by atoms with E-state index in [1.807, 2.05) is 13.8 Å². The summed E-state index contributed by atoms with van der Waals surface area (Å²) in [6.45, 7) is 3.99. The molecule has 4 rings (SSSR count). The van der Waals surface area contributed by atoms with Crippen molar-refractivity contribution in [2.24, 2.45) is 11.7 Å². The highest BCUT2D eigenvalue weighted by Crippen LogP contribution is 2.26. The van der Waals surface area contributed by atoms with E-state index >= 15 is 0 Å². The number of rotatable bonds is 9. The standard InChI is InChI=1S/C28H30FN5O4S/c1-16-11-23(28(37)33-17(2)24-12-19(15-39-24)26(30)31)34(14-16)25(35)13-32-27(36)18-3-7-21(8-4-18)38-22-9-5-20(29)6-10-22/h3-10,12,15-17,23H,11,13-14H2,1-2H3,(H3,30,31)(H,32,36)(H,33,37)/t16-,17?,23+/m1/s1. The minimum Gasteiger partial charge on any atom is -0.457 e. The van der Waals surface area contributed by atoms with Crippen molar-refractivity contribution < 1.29 is 23.5 Å². The molecule has 2 aromatic carbocycles.